The molecule has 2 amide bonds. The Hall–Kier alpha value is -1.19. The summed E-state index contributed by atoms with van der Waals surface area (Å²) in [4.78, 5) is 11.1. The third kappa shape index (κ3) is 5.05. The smallest absolute Gasteiger partial charge is 0.318 e. The van der Waals surface area contributed by atoms with Crippen LogP contribution in [0.2, 0.25) is 5.02 Å². The minimum Gasteiger partial charge on any atom is -0.337 e. The average Bonchev–Trinajstić information content (AvgIpc) is 2.26. The monoisotopic (exact) mass is 258 g/mol. The van der Waals surface area contributed by atoms with E-state index in [1.165, 1.54) is 0 Å². The predicted octanol–water partition coefficient (Wildman–Crippen LogP) is 2.85. The topological polar surface area (TPSA) is 41.1 Å². The van der Waals surface area contributed by atoms with Crippen LogP contribution in [0.25, 0.3) is 6.08 Å². The molecule has 0 saturated heterocycles. The van der Waals surface area contributed by atoms with Gasteiger partial charge in [-0.25, -0.2) is 4.79 Å². The van der Waals surface area contributed by atoms with Crippen molar-refractivity contribution in [2.45, 2.75) is 0 Å². The van der Waals surface area contributed by atoms with Crippen LogP contribution in [0.15, 0.2) is 30.5 Å². The first-order chi connectivity index (χ1) is 7.72. The lowest BCUT2D eigenvalue weighted by Crippen LogP contribution is -2.33. The van der Waals surface area contributed by atoms with Crippen LogP contribution in [-0.2, 0) is 0 Å². The molecule has 0 aromatic heterocycles. The van der Waals surface area contributed by atoms with Gasteiger partial charge in [0.25, 0.3) is 0 Å². The molecule has 0 fully saturated rings. The Bertz CT molecular complexity index is 380. The summed E-state index contributed by atoms with van der Waals surface area (Å²) in [6.45, 7) is 0.443. The molecule has 1 aromatic rings. The van der Waals surface area contributed by atoms with Crippen LogP contribution >= 0.6 is 23.2 Å². The second kappa shape index (κ2) is 7.14. The normalized spacial score (nSPS) is 10.4. The number of rotatable bonds is 4. The van der Waals surface area contributed by atoms with E-state index in [9.17, 15) is 4.79 Å². The largest absolute Gasteiger partial charge is 0.337 e. The Morgan fingerprint density at radius 3 is 2.94 bits per heavy atom. The maximum Gasteiger partial charge on any atom is 0.318 e. The second-order valence-corrected chi connectivity index (χ2v) is 3.79. The molecule has 2 N–H and O–H groups in total. The maximum atomic E-state index is 11.1. The number of hydrogen-bond donors (Lipinski definition) is 2. The molecule has 0 bridgehead atoms. The minimum absolute atomic E-state index is 0.279. The molecular weight excluding hydrogens is 247 g/mol. The molecule has 86 valence electrons. The number of urea groups is 1. The standard InChI is InChI=1S/C11H12Cl2N2O/c12-5-7-15-11(16)14-6-4-9-2-1-3-10(13)8-9/h1-4,6,8H,5,7H2,(H2,14,15,16)/b6-4+. The number of benzene rings is 1. The van der Waals surface area contributed by atoms with Crippen LogP contribution in [0.5, 0.6) is 0 Å². The fourth-order valence-electron chi connectivity index (χ4n) is 1.04. The maximum absolute atomic E-state index is 11.1. The van der Waals surface area contributed by atoms with E-state index in [2.05, 4.69) is 10.6 Å². The van der Waals surface area contributed by atoms with E-state index in [1.54, 1.807) is 24.4 Å². The Balaban J connectivity index is 2.40. The van der Waals surface area contributed by atoms with Crippen molar-refractivity contribution in [2.24, 2.45) is 0 Å². The summed E-state index contributed by atoms with van der Waals surface area (Å²) in [7, 11) is 0. The lowest BCUT2D eigenvalue weighted by atomic mass is 10.2. The van der Waals surface area contributed by atoms with E-state index in [1.807, 2.05) is 12.1 Å². The molecule has 0 heterocycles. The third-order valence-electron chi connectivity index (χ3n) is 1.72. The molecule has 0 radical (unpaired) electrons. The molecule has 0 aliphatic heterocycles. The first-order valence-corrected chi connectivity index (χ1v) is 5.66. The van der Waals surface area contributed by atoms with Gasteiger partial charge in [-0.1, -0.05) is 23.7 Å². The summed E-state index contributed by atoms with van der Waals surface area (Å²) in [6.07, 6.45) is 3.31. The molecule has 0 saturated carbocycles. The van der Waals surface area contributed by atoms with Gasteiger partial charge < -0.3 is 10.6 Å². The quantitative estimate of drug-likeness (QED) is 0.802. The summed E-state index contributed by atoms with van der Waals surface area (Å²) in [5, 5.41) is 5.78. The average molecular weight is 259 g/mol. The molecular formula is C11H12Cl2N2O. The van der Waals surface area contributed by atoms with Crippen molar-refractivity contribution >= 4 is 35.3 Å². The van der Waals surface area contributed by atoms with E-state index >= 15 is 0 Å². The summed E-state index contributed by atoms with van der Waals surface area (Å²) >= 11 is 11.2. The SMILES string of the molecule is O=C(N/C=C/c1cccc(Cl)c1)NCCCl. The van der Waals surface area contributed by atoms with Crippen LogP contribution in [-0.4, -0.2) is 18.5 Å². The lowest BCUT2D eigenvalue weighted by molar-refractivity contribution is 0.245. The van der Waals surface area contributed by atoms with Gasteiger partial charge in [0.2, 0.25) is 0 Å². The highest BCUT2D eigenvalue weighted by molar-refractivity contribution is 6.30. The molecule has 0 aliphatic carbocycles. The zero-order valence-corrected chi connectivity index (χ0v) is 10.1. The molecule has 0 unspecified atom stereocenters. The van der Waals surface area contributed by atoms with Gasteiger partial charge in [0.1, 0.15) is 0 Å². The van der Waals surface area contributed by atoms with Gasteiger partial charge in [0.05, 0.1) is 0 Å². The first-order valence-electron chi connectivity index (χ1n) is 4.75. The summed E-state index contributed by atoms with van der Waals surface area (Å²) < 4.78 is 0. The number of amides is 2. The Morgan fingerprint density at radius 2 is 2.25 bits per heavy atom. The highest BCUT2D eigenvalue weighted by atomic mass is 35.5. The van der Waals surface area contributed by atoms with Crippen molar-refractivity contribution in [3.05, 3.63) is 41.1 Å². The molecule has 0 aliphatic rings. The zero-order chi connectivity index (χ0) is 11.8. The van der Waals surface area contributed by atoms with E-state index in [0.29, 0.717) is 17.4 Å². The van der Waals surface area contributed by atoms with Crippen molar-refractivity contribution in [2.75, 3.05) is 12.4 Å². The van der Waals surface area contributed by atoms with Crippen molar-refractivity contribution in [1.29, 1.82) is 0 Å². The van der Waals surface area contributed by atoms with Gasteiger partial charge in [0, 0.05) is 23.6 Å². The fraction of sp³-hybridized carbons (Fsp3) is 0.182. The molecule has 16 heavy (non-hydrogen) atoms. The molecule has 1 aromatic carbocycles. The lowest BCUT2D eigenvalue weighted by Gasteiger charge is -2.01. The number of carbonyl (C=O) groups excluding carboxylic acids is 1. The summed E-state index contributed by atoms with van der Waals surface area (Å²) in [5.74, 6) is 0.394. The Labute approximate surface area is 104 Å². The fourth-order valence-corrected chi connectivity index (χ4v) is 1.33. The summed E-state index contributed by atoms with van der Waals surface area (Å²) in [5.41, 5.74) is 0.921. The van der Waals surface area contributed by atoms with Crippen LogP contribution in [0.1, 0.15) is 5.56 Å². The first kappa shape index (κ1) is 12.9. The molecule has 1 rings (SSSR count). The van der Waals surface area contributed by atoms with Crippen LogP contribution in [0.4, 0.5) is 4.79 Å². The van der Waals surface area contributed by atoms with Crippen LogP contribution in [0.3, 0.4) is 0 Å². The summed E-state index contributed by atoms with van der Waals surface area (Å²) in [6, 6.07) is 7.05. The van der Waals surface area contributed by atoms with E-state index in [0.717, 1.165) is 5.56 Å². The van der Waals surface area contributed by atoms with E-state index in [-0.39, 0.29) is 6.03 Å². The minimum atomic E-state index is -0.279. The van der Waals surface area contributed by atoms with Gasteiger partial charge in [-0.3, -0.25) is 0 Å². The zero-order valence-electron chi connectivity index (χ0n) is 8.54. The van der Waals surface area contributed by atoms with E-state index < -0.39 is 0 Å². The number of nitrogens with one attached hydrogen (secondary N) is 2. The number of halogens is 2. The molecule has 3 nitrogen and oxygen atoms in total. The van der Waals surface area contributed by atoms with Crippen molar-refractivity contribution < 1.29 is 4.79 Å². The highest BCUT2D eigenvalue weighted by Gasteiger charge is 1.94. The van der Waals surface area contributed by atoms with Crippen molar-refractivity contribution in [1.82, 2.24) is 10.6 Å². The Morgan fingerprint density at radius 1 is 1.44 bits per heavy atom. The molecule has 0 spiro atoms. The predicted molar refractivity (Wildman–Crippen MR) is 67.7 cm³/mol. The van der Waals surface area contributed by atoms with Gasteiger partial charge >= 0.3 is 6.03 Å². The second-order valence-electron chi connectivity index (χ2n) is 2.98. The van der Waals surface area contributed by atoms with Crippen molar-refractivity contribution in [3.8, 4) is 0 Å². The van der Waals surface area contributed by atoms with Gasteiger partial charge in [0.15, 0.2) is 0 Å². The number of alkyl halides is 1. The molecule has 5 heteroatoms. The highest BCUT2D eigenvalue weighted by Crippen LogP contribution is 2.11. The van der Waals surface area contributed by atoms with Crippen molar-refractivity contribution in [3.63, 3.8) is 0 Å². The number of carbonyl (C=O) groups is 1. The Kier molecular flexibility index (Phi) is 5.75. The van der Waals surface area contributed by atoms with Gasteiger partial charge in [-0.15, -0.1) is 11.6 Å². The molecule has 0 atom stereocenters. The number of hydrogen-bond acceptors (Lipinski definition) is 1. The van der Waals surface area contributed by atoms with Crippen LogP contribution < -0.4 is 10.6 Å². The van der Waals surface area contributed by atoms with Gasteiger partial charge in [-0.2, -0.15) is 0 Å². The third-order valence-corrected chi connectivity index (χ3v) is 2.14. The van der Waals surface area contributed by atoms with Crippen LogP contribution in [0, 0.1) is 0 Å². The van der Waals surface area contributed by atoms with E-state index in [4.69, 9.17) is 23.2 Å². The van der Waals surface area contributed by atoms with Gasteiger partial charge in [-0.05, 0) is 23.8 Å².